The Morgan fingerprint density at radius 1 is 1.70 bits per heavy atom. The molecule has 0 spiro atoms. The minimum absolute atomic E-state index is 0.171. The number of rotatable bonds is 3. The van der Waals surface area contributed by atoms with Gasteiger partial charge in [-0.15, -0.1) is 0 Å². The fourth-order valence-electron chi connectivity index (χ4n) is 0.517. The molecule has 3 heteroatoms. The van der Waals surface area contributed by atoms with E-state index in [1.54, 1.807) is 0 Å². The van der Waals surface area contributed by atoms with Gasteiger partial charge in [-0.3, -0.25) is 0 Å². The maximum Gasteiger partial charge on any atom is 0.0966 e. The Hall–Kier alpha value is -0.0700. The average molecular weight is 161 g/mol. The van der Waals surface area contributed by atoms with E-state index < -0.39 is 0 Å². The Labute approximate surface area is 65.1 Å². The van der Waals surface area contributed by atoms with Crippen LogP contribution in [0.25, 0.3) is 0 Å². The molecule has 2 unspecified atom stereocenters. The van der Waals surface area contributed by atoms with Crippen molar-refractivity contribution in [1.82, 2.24) is 0 Å². The van der Waals surface area contributed by atoms with E-state index in [4.69, 9.17) is 10.3 Å². The standard InChI is InChI=1S/C7H16NOP/c1-5(6(2)9-10)7(3,4)8/h5H,2,8,10H2,1,3-4H3. The predicted octanol–water partition coefficient (Wildman–Crippen LogP) is 1.68. The summed E-state index contributed by atoms with van der Waals surface area (Å²) in [5.41, 5.74) is 5.55. The smallest absolute Gasteiger partial charge is 0.0966 e. The van der Waals surface area contributed by atoms with Crippen LogP contribution < -0.4 is 5.73 Å². The highest BCUT2D eigenvalue weighted by Crippen LogP contribution is 2.22. The molecule has 60 valence electrons. The molecule has 0 bridgehead atoms. The van der Waals surface area contributed by atoms with Gasteiger partial charge >= 0.3 is 0 Å². The van der Waals surface area contributed by atoms with Gasteiger partial charge in [0.2, 0.25) is 0 Å². The van der Waals surface area contributed by atoms with Gasteiger partial charge in [-0.1, -0.05) is 13.5 Å². The van der Waals surface area contributed by atoms with Crippen LogP contribution in [0.3, 0.4) is 0 Å². The van der Waals surface area contributed by atoms with Crippen molar-refractivity contribution >= 4 is 9.47 Å². The molecule has 0 amide bonds. The van der Waals surface area contributed by atoms with Gasteiger partial charge in [0.15, 0.2) is 0 Å². The SMILES string of the molecule is C=C(OP)C(C)C(C)(C)N. The van der Waals surface area contributed by atoms with Crippen LogP contribution in [0.5, 0.6) is 0 Å². The summed E-state index contributed by atoms with van der Waals surface area (Å²) in [5.74, 6) is 0.877. The Morgan fingerprint density at radius 2 is 2.10 bits per heavy atom. The molecule has 0 radical (unpaired) electrons. The quantitative estimate of drug-likeness (QED) is 0.505. The lowest BCUT2D eigenvalue weighted by Gasteiger charge is -2.27. The molecule has 0 rings (SSSR count). The third-order valence-electron chi connectivity index (χ3n) is 1.75. The fraction of sp³-hybridized carbons (Fsp3) is 0.714. The molecule has 2 nitrogen and oxygen atoms in total. The summed E-state index contributed by atoms with van der Waals surface area (Å²) in [6.45, 7) is 9.61. The summed E-state index contributed by atoms with van der Waals surface area (Å²) >= 11 is 0. The number of hydrogen-bond donors (Lipinski definition) is 1. The minimum Gasteiger partial charge on any atom is -0.485 e. The Morgan fingerprint density at radius 3 is 2.20 bits per heavy atom. The van der Waals surface area contributed by atoms with Crippen molar-refractivity contribution in [3.05, 3.63) is 12.3 Å². The first-order chi connectivity index (χ1) is 4.39. The molecule has 0 aromatic carbocycles. The van der Waals surface area contributed by atoms with Gasteiger partial charge in [0.1, 0.15) is 0 Å². The van der Waals surface area contributed by atoms with Crippen LogP contribution in [0.2, 0.25) is 0 Å². The second-order valence-corrected chi connectivity index (χ2v) is 3.36. The molecule has 10 heavy (non-hydrogen) atoms. The summed E-state index contributed by atoms with van der Waals surface area (Å²) in [5, 5.41) is 0. The molecule has 0 aromatic heterocycles. The van der Waals surface area contributed by atoms with E-state index in [9.17, 15) is 0 Å². The highest BCUT2D eigenvalue weighted by Gasteiger charge is 2.23. The van der Waals surface area contributed by atoms with Crippen LogP contribution in [0, 0.1) is 5.92 Å². The molecular formula is C7H16NOP. The Balaban J connectivity index is 4.08. The lowest BCUT2D eigenvalue weighted by molar-refractivity contribution is 0.305. The minimum atomic E-state index is -0.256. The van der Waals surface area contributed by atoms with E-state index in [0.29, 0.717) is 5.76 Å². The molecule has 0 saturated carbocycles. The van der Waals surface area contributed by atoms with Crippen molar-refractivity contribution in [2.75, 3.05) is 0 Å². The van der Waals surface area contributed by atoms with E-state index in [0.717, 1.165) is 0 Å². The maximum absolute atomic E-state index is 5.81. The van der Waals surface area contributed by atoms with Gasteiger partial charge in [0.25, 0.3) is 0 Å². The third kappa shape index (κ3) is 2.68. The molecule has 0 aliphatic rings. The highest BCUT2D eigenvalue weighted by atomic mass is 31.0. The molecule has 0 aliphatic carbocycles. The van der Waals surface area contributed by atoms with Gasteiger partial charge in [-0.25, -0.2) is 0 Å². The average Bonchev–Trinajstić information content (AvgIpc) is 1.83. The lowest BCUT2D eigenvalue weighted by Crippen LogP contribution is -2.40. The maximum atomic E-state index is 5.81. The van der Waals surface area contributed by atoms with Gasteiger partial charge in [0, 0.05) is 11.5 Å². The molecule has 0 heterocycles. The van der Waals surface area contributed by atoms with Crippen molar-refractivity contribution < 1.29 is 4.52 Å². The summed E-state index contributed by atoms with van der Waals surface area (Å²) in [7, 11) is 2.17. The topological polar surface area (TPSA) is 35.2 Å². The van der Waals surface area contributed by atoms with Crippen LogP contribution in [-0.2, 0) is 4.52 Å². The van der Waals surface area contributed by atoms with Crippen molar-refractivity contribution in [1.29, 1.82) is 0 Å². The van der Waals surface area contributed by atoms with Gasteiger partial charge in [-0.05, 0) is 13.8 Å². The molecule has 0 fully saturated rings. The first-order valence-corrected chi connectivity index (χ1v) is 3.71. The normalized spacial score (nSPS) is 14.5. The van der Waals surface area contributed by atoms with Crippen molar-refractivity contribution in [3.63, 3.8) is 0 Å². The zero-order chi connectivity index (χ0) is 8.36. The molecule has 0 aliphatic heterocycles. The van der Waals surface area contributed by atoms with Crippen LogP contribution in [0.15, 0.2) is 12.3 Å². The van der Waals surface area contributed by atoms with Crippen molar-refractivity contribution in [3.8, 4) is 0 Å². The van der Waals surface area contributed by atoms with Gasteiger partial charge < -0.3 is 10.3 Å². The predicted molar refractivity (Wildman–Crippen MR) is 47.4 cm³/mol. The van der Waals surface area contributed by atoms with Crippen LogP contribution in [0.4, 0.5) is 0 Å². The van der Waals surface area contributed by atoms with Crippen LogP contribution >= 0.6 is 9.47 Å². The van der Waals surface area contributed by atoms with Crippen molar-refractivity contribution in [2.24, 2.45) is 11.7 Å². The second-order valence-electron chi connectivity index (χ2n) is 3.13. The highest BCUT2D eigenvalue weighted by molar-refractivity contribution is 7.10. The van der Waals surface area contributed by atoms with Crippen LogP contribution in [-0.4, -0.2) is 5.54 Å². The summed E-state index contributed by atoms with van der Waals surface area (Å²) in [6, 6.07) is 0. The molecule has 0 aromatic rings. The Kier molecular flexibility index (Phi) is 3.34. The monoisotopic (exact) mass is 161 g/mol. The molecular weight excluding hydrogens is 145 g/mol. The number of hydrogen-bond acceptors (Lipinski definition) is 2. The number of nitrogens with two attached hydrogens (primary N) is 1. The van der Waals surface area contributed by atoms with E-state index >= 15 is 0 Å². The molecule has 0 saturated heterocycles. The van der Waals surface area contributed by atoms with E-state index in [1.807, 2.05) is 20.8 Å². The third-order valence-corrected chi connectivity index (χ3v) is 2.05. The van der Waals surface area contributed by atoms with Crippen molar-refractivity contribution in [2.45, 2.75) is 26.3 Å². The zero-order valence-electron chi connectivity index (χ0n) is 6.85. The van der Waals surface area contributed by atoms with Gasteiger partial charge in [-0.2, -0.15) is 0 Å². The van der Waals surface area contributed by atoms with E-state index in [1.165, 1.54) is 0 Å². The second kappa shape index (κ2) is 3.36. The first kappa shape index (κ1) is 9.93. The van der Waals surface area contributed by atoms with E-state index in [-0.39, 0.29) is 11.5 Å². The molecule has 2 atom stereocenters. The Bertz CT molecular complexity index is 128. The van der Waals surface area contributed by atoms with Crippen LogP contribution in [0.1, 0.15) is 20.8 Å². The largest absolute Gasteiger partial charge is 0.485 e. The fourth-order valence-corrected chi connectivity index (χ4v) is 0.721. The summed E-state index contributed by atoms with van der Waals surface area (Å²) in [6.07, 6.45) is 0. The zero-order valence-corrected chi connectivity index (χ0v) is 8.00. The van der Waals surface area contributed by atoms with Gasteiger partial charge in [0.05, 0.1) is 15.2 Å². The summed E-state index contributed by atoms with van der Waals surface area (Å²) in [4.78, 5) is 0. The molecule has 2 N–H and O–H groups in total. The lowest BCUT2D eigenvalue weighted by atomic mass is 9.89. The summed E-state index contributed by atoms with van der Waals surface area (Å²) < 4.78 is 4.88. The first-order valence-electron chi connectivity index (χ1n) is 3.24. The van der Waals surface area contributed by atoms with E-state index in [2.05, 4.69) is 16.0 Å².